The zero-order valence-corrected chi connectivity index (χ0v) is 10.6. The summed E-state index contributed by atoms with van der Waals surface area (Å²) in [7, 11) is 0. The van der Waals surface area contributed by atoms with E-state index in [1.54, 1.807) is 25.1 Å². The van der Waals surface area contributed by atoms with Crippen molar-refractivity contribution in [3.05, 3.63) is 23.8 Å². The molecule has 2 N–H and O–H groups in total. The summed E-state index contributed by atoms with van der Waals surface area (Å²) in [4.78, 5) is 23.3. The number of anilines is 1. The van der Waals surface area contributed by atoms with E-state index < -0.39 is 6.10 Å². The molecule has 0 aromatic heterocycles. The van der Waals surface area contributed by atoms with E-state index in [0.29, 0.717) is 17.0 Å². The van der Waals surface area contributed by atoms with Crippen molar-refractivity contribution in [3.8, 4) is 5.75 Å². The molecule has 1 aromatic rings. The summed E-state index contributed by atoms with van der Waals surface area (Å²) in [6.07, 6.45) is -0.507. The van der Waals surface area contributed by atoms with Crippen LogP contribution in [0, 0.1) is 0 Å². The molecule has 2 rings (SSSR count). The van der Waals surface area contributed by atoms with Gasteiger partial charge >= 0.3 is 0 Å². The summed E-state index contributed by atoms with van der Waals surface area (Å²) in [6, 6.07) is 5.07. The SMILES string of the molecule is CC(C)NC(=O)c1ccc2c(c1)NC(=O)C(C)O2. The second-order valence-corrected chi connectivity index (χ2v) is 4.59. The first kappa shape index (κ1) is 12.4. The summed E-state index contributed by atoms with van der Waals surface area (Å²) < 4.78 is 5.42. The van der Waals surface area contributed by atoms with Crippen molar-refractivity contribution in [3.63, 3.8) is 0 Å². The monoisotopic (exact) mass is 248 g/mol. The maximum atomic E-state index is 11.8. The van der Waals surface area contributed by atoms with Gasteiger partial charge in [0.05, 0.1) is 5.69 Å². The average molecular weight is 248 g/mol. The molecule has 5 heteroatoms. The molecule has 1 aromatic carbocycles. The lowest BCUT2D eigenvalue weighted by atomic mass is 10.1. The van der Waals surface area contributed by atoms with Gasteiger partial charge < -0.3 is 15.4 Å². The molecule has 2 amide bonds. The van der Waals surface area contributed by atoms with Crippen LogP contribution in [0.3, 0.4) is 0 Å². The predicted molar refractivity (Wildman–Crippen MR) is 67.8 cm³/mol. The van der Waals surface area contributed by atoms with E-state index in [1.165, 1.54) is 0 Å². The van der Waals surface area contributed by atoms with Gasteiger partial charge in [0.2, 0.25) is 0 Å². The number of ether oxygens (including phenoxy) is 1. The lowest BCUT2D eigenvalue weighted by molar-refractivity contribution is -0.122. The van der Waals surface area contributed by atoms with Crippen molar-refractivity contribution in [2.24, 2.45) is 0 Å². The van der Waals surface area contributed by atoms with Gasteiger partial charge in [0.1, 0.15) is 5.75 Å². The van der Waals surface area contributed by atoms with Crippen LogP contribution in [0.4, 0.5) is 5.69 Å². The van der Waals surface area contributed by atoms with Crippen molar-refractivity contribution < 1.29 is 14.3 Å². The molecule has 0 aliphatic carbocycles. The zero-order valence-electron chi connectivity index (χ0n) is 10.6. The van der Waals surface area contributed by atoms with E-state index in [9.17, 15) is 9.59 Å². The highest BCUT2D eigenvalue weighted by molar-refractivity contribution is 6.00. The summed E-state index contributed by atoms with van der Waals surface area (Å²) in [5.74, 6) is 0.216. The third kappa shape index (κ3) is 2.45. The fourth-order valence-corrected chi connectivity index (χ4v) is 1.70. The molecule has 0 saturated carbocycles. The Bertz CT molecular complexity index is 497. The molecule has 5 nitrogen and oxygen atoms in total. The topological polar surface area (TPSA) is 67.4 Å². The maximum Gasteiger partial charge on any atom is 0.265 e. The molecule has 0 saturated heterocycles. The van der Waals surface area contributed by atoms with Crippen LogP contribution in [-0.2, 0) is 4.79 Å². The molecular formula is C13H16N2O3. The minimum atomic E-state index is -0.507. The van der Waals surface area contributed by atoms with E-state index in [2.05, 4.69) is 10.6 Å². The highest BCUT2D eigenvalue weighted by Crippen LogP contribution is 2.30. The third-order valence-corrected chi connectivity index (χ3v) is 2.59. The molecule has 0 radical (unpaired) electrons. The first-order valence-electron chi connectivity index (χ1n) is 5.90. The molecule has 1 unspecified atom stereocenters. The van der Waals surface area contributed by atoms with E-state index in [1.807, 2.05) is 13.8 Å². The highest BCUT2D eigenvalue weighted by Gasteiger charge is 2.24. The van der Waals surface area contributed by atoms with Crippen LogP contribution in [0.1, 0.15) is 31.1 Å². The molecule has 1 aliphatic rings. The van der Waals surface area contributed by atoms with Gasteiger partial charge in [0.15, 0.2) is 6.10 Å². The molecule has 0 spiro atoms. The van der Waals surface area contributed by atoms with E-state index >= 15 is 0 Å². The van der Waals surface area contributed by atoms with Crippen LogP contribution in [0.15, 0.2) is 18.2 Å². The number of carbonyl (C=O) groups excluding carboxylic acids is 2. The van der Waals surface area contributed by atoms with E-state index in [0.717, 1.165) is 0 Å². The Kier molecular flexibility index (Phi) is 3.23. The number of hydrogen-bond acceptors (Lipinski definition) is 3. The Morgan fingerprint density at radius 1 is 1.44 bits per heavy atom. The normalized spacial score (nSPS) is 17.8. The Hall–Kier alpha value is -2.04. The van der Waals surface area contributed by atoms with Gasteiger partial charge in [-0.15, -0.1) is 0 Å². The smallest absolute Gasteiger partial charge is 0.265 e. The molecular weight excluding hydrogens is 232 g/mol. The molecule has 0 fully saturated rings. The standard InChI is InChI=1S/C13H16N2O3/c1-7(2)14-13(17)9-4-5-11-10(6-9)15-12(16)8(3)18-11/h4-8H,1-3H3,(H,14,17)(H,15,16). The Balaban J connectivity index is 2.25. The number of amides is 2. The van der Waals surface area contributed by atoms with Gasteiger partial charge in [-0.05, 0) is 39.0 Å². The summed E-state index contributed by atoms with van der Waals surface area (Å²) in [5, 5.41) is 5.51. The molecule has 1 atom stereocenters. The first-order chi connectivity index (χ1) is 8.47. The van der Waals surface area contributed by atoms with Crippen molar-refractivity contribution in [1.82, 2.24) is 5.32 Å². The third-order valence-electron chi connectivity index (χ3n) is 2.59. The van der Waals surface area contributed by atoms with Crippen LogP contribution in [0.2, 0.25) is 0 Å². The van der Waals surface area contributed by atoms with Crippen LogP contribution in [0.5, 0.6) is 5.75 Å². The summed E-state index contributed by atoms with van der Waals surface area (Å²) in [5.41, 5.74) is 1.04. The Labute approximate surface area is 106 Å². The van der Waals surface area contributed by atoms with Crippen LogP contribution in [0.25, 0.3) is 0 Å². The van der Waals surface area contributed by atoms with Gasteiger partial charge in [-0.1, -0.05) is 0 Å². The van der Waals surface area contributed by atoms with Crippen molar-refractivity contribution in [1.29, 1.82) is 0 Å². The quantitative estimate of drug-likeness (QED) is 0.834. The fraction of sp³-hybridized carbons (Fsp3) is 0.385. The Morgan fingerprint density at radius 3 is 2.83 bits per heavy atom. The lowest BCUT2D eigenvalue weighted by Gasteiger charge is -2.23. The molecule has 0 bridgehead atoms. The average Bonchev–Trinajstić information content (AvgIpc) is 2.29. The van der Waals surface area contributed by atoms with Gasteiger partial charge in [0, 0.05) is 11.6 Å². The number of carbonyl (C=O) groups is 2. The second kappa shape index (κ2) is 4.68. The second-order valence-electron chi connectivity index (χ2n) is 4.59. The number of hydrogen-bond donors (Lipinski definition) is 2. The van der Waals surface area contributed by atoms with Gasteiger partial charge in [0.25, 0.3) is 11.8 Å². The van der Waals surface area contributed by atoms with E-state index in [4.69, 9.17) is 4.74 Å². The van der Waals surface area contributed by atoms with E-state index in [-0.39, 0.29) is 17.9 Å². The largest absolute Gasteiger partial charge is 0.479 e. The van der Waals surface area contributed by atoms with Gasteiger partial charge in [-0.3, -0.25) is 9.59 Å². The maximum absolute atomic E-state index is 11.8. The minimum Gasteiger partial charge on any atom is -0.479 e. The van der Waals surface area contributed by atoms with Gasteiger partial charge in [-0.2, -0.15) is 0 Å². The van der Waals surface area contributed by atoms with Crippen molar-refractivity contribution in [2.45, 2.75) is 32.9 Å². The van der Waals surface area contributed by atoms with Gasteiger partial charge in [-0.25, -0.2) is 0 Å². The van der Waals surface area contributed by atoms with Crippen LogP contribution in [-0.4, -0.2) is 24.0 Å². The highest BCUT2D eigenvalue weighted by atomic mass is 16.5. The zero-order chi connectivity index (χ0) is 13.3. The van der Waals surface area contributed by atoms with Crippen LogP contribution >= 0.6 is 0 Å². The number of nitrogens with one attached hydrogen (secondary N) is 2. The number of benzene rings is 1. The molecule has 18 heavy (non-hydrogen) atoms. The summed E-state index contributed by atoms with van der Waals surface area (Å²) in [6.45, 7) is 5.46. The minimum absolute atomic E-state index is 0.0689. The predicted octanol–water partition coefficient (Wildman–Crippen LogP) is 1.54. The molecule has 96 valence electrons. The summed E-state index contributed by atoms with van der Waals surface area (Å²) >= 11 is 0. The fourth-order valence-electron chi connectivity index (χ4n) is 1.70. The van der Waals surface area contributed by atoms with Crippen molar-refractivity contribution in [2.75, 3.05) is 5.32 Å². The van der Waals surface area contributed by atoms with Crippen molar-refractivity contribution >= 4 is 17.5 Å². The number of rotatable bonds is 2. The lowest BCUT2D eigenvalue weighted by Crippen LogP contribution is -2.35. The van der Waals surface area contributed by atoms with Crippen LogP contribution < -0.4 is 15.4 Å². The first-order valence-corrected chi connectivity index (χ1v) is 5.90. The molecule has 1 heterocycles. The Morgan fingerprint density at radius 2 is 2.17 bits per heavy atom. The molecule has 1 aliphatic heterocycles. The number of fused-ring (bicyclic) bond motifs is 1.